The molecule has 1 aromatic heterocycles. The Morgan fingerprint density at radius 2 is 0.827 bits per heavy atom. The minimum atomic E-state index is -4.50. The Morgan fingerprint density at radius 1 is 0.481 bits per heavy atom. The fourth-order valence-corrected chi connectivity index (χ4v) is 8.84. The molecule has 7 heteroatoms. The molecular formula is C45H43F3NO2P. The highest BCUT2D eigenvalue weighted by molar-refractivity contribution is 7.85. The number of aromatic nitrogens is 1. The van der Waals surface area contributed by atoms with Gasteiger partial charge in [-0.25, -0.2) is 4.98 Å². The van der Waals surface area contributed by atoms with Crippen LogP contribution in [0.2, 0.25) is 0 Å². The van der Waals surface area contributed by atoms with Gasteiger partial charge in [-0.1, -0.05) is 126 Å². The fraction of sp³-hybridized carbons (Fsp3) is 0.222. The largest absolute Gasteiger partial charge is 0.497 e. The third kappa shape index (κ3) is 7.64. The van der Waals surface area contributed by atoms with Crippen molar-refractivity contribution in [1.82, 2.24) is 4.98 Å². The van der Waals surface area contributed by atoms with Gasteiger partial charge in [0.25, 0.3) is 0 Å². The minimum absolute atomic E-state index is 0.0150. The Kier molecular flexibility index (Phi) is 9.85. The molecule has 1 unspecified atom stereocenters. The topological polar surface area (TPSA) is 39.2 Å². The van der Waals surface area contributed by atoms with Gasteiger partial charge in [-0.3, -0.25) is 0 Å². The molecule has 0 aliphatic heterocycles. The van der Waals surface area contributed by atoms with Gasteiger partial charge in [0, 0.05) is 27.0 Å². The van der Waals surface area contributed by atoms with E-state index < -0.39 is 18.9 Å². The lowest BCUT2D eigenvalue weighted by Crippen LogP contribution is -2.25. The van der Waals surface area contributed by atoms with Crippen LogP contribution in [-0.4, -0.2) is 12.1 Å². The van der Waals surface area contributed by atoms with Gasteiger partial charge in [0.2, 0.25) is 0 Å². The van der Waals surface area contributed by atoms with Crippen molar-refractivity contribution in [2.75, 3.05) is 7.11 Å². The summed E-state index contributed by atoms with van der Waals surface area (Å²) in [5, 5.41) is 1.31. The van der Waals surface area contributed by atoms with Crippen molar-refractivity contribution < 1.29 is 22.5 Å². The number of methoxy groups -OCH3 is 1. The summed E-state index contributed by atoms with van der Waals surface area (Å²) in [6.07, 6.45) is -4.50. The molecule has 0 radical (unpaired) electrons. The zero-order valence-electron chi connectivity index (χ0n) is 30.5. The molecule has 0 N–H and O–H groups in total. The molecule has 1 atom stereocenters. The maximum Gasteiger partial charge on any atom is 0.416 e. The molecular weight excluding hydrogens is 674 g/mol. The van der Waals surface area contributed by atoms with Crippen LogP contribution in [0, 0.1) is 0 Å². The van der Waals surface area contributed by atoms with Crippen LogP contribution in [0.3, 0.4) is 0 Å². The molecule has 52 heavy (non-hydrogen) atoms. The number of hydrogen-bond acceptors (Lipinski definition) is 3. The van der Waals surface area contributed by atoms with Crippen LogP contribution in [0.25, 0.3) is 33.6 Å². The minimum Gasteiger partial charge on any atom is -0.497 e. The van der Waals surface area contributed by atoms with E-state index in [1.165, 1.54) is 23.3 Å². The van der Waals surface area contributed by atoms with Gasteiger partial charge < -0.3 is 9.30 Å². The SMILES string of the molecule is COc1ccc(P(=O)(c2ccc(-c3cc(-c4ccc(C(C)(C)C)cc4)nc(-c4ccc(C(C)(C)C)cc4)c3)cc2)c2ccc(C(F)(F)F)cc2)cc1. The summed E-state index contributed by atoms with van der Waals surface area (Å²) in [5.41, 5.74) is 7.15. The number of alkyl halides is 3. The number of halogens is 3. The van der Waals surface area contributed by atoms with Crippen LogP contribution >= 0.6 is 7.14 Å². The Hall–Kier alpha value is -4.93. The first-order valence-electron chi connectivity index (χ1n) is 17.2. The smallest absolute Gasteiger partial charge is 0.416 e. The molecule has 0 saturated heterocycles. The lowest BCUT2D eigenvalue weighted by Gasteiger charge is -2.21. The van der Waals surface area contributed by atoms with Crippen molar-refractivity contribution in [2.24, 2.45) is 0 Å². The second-order valence-electron chi connectivity index (χ2n) is 15.2. The van der Waals surface area contributed by atoms with Crippen molar-refractivity contribution in [3.8, 4) is 39.4 Å². The average Bonchev–Trinajstić information content (AvgIpc) is 3.13. The maximum atomic E-state index is 15.2. The van der Waals surface area contributed by atoms with Crippen molar-refractivity contribution in [3.63, 3.8) is 0 Å². The number of nitrogens with zero attached hydrogens (tertiary/aromatic N) is 1. The molecule has 1 heterocycles. The molecule has 6 aromatic rings. The molecule has 6 rings (SSSR count). The zero-order chi connectivity index (χ0) is 37.5. The molecule has 0 amide bonds. The lowest BCUT2D eigenvalue weighted by atomic mass is 9.86. The van der Waals surface area contributed by atoms with E-state index in [1.54, 1.807) is 31.4 Å². The summed E-state index contributed by atoms with van der Waals surface area (Å²) in [6, 6.07) is 40.1. The van der Waals surface area contributed by atoms with Crippen LogP contribution in [0.4, 0.5) is 13.2 Å². The van der Waals surface area contributed by atoms with Crippen LogP contribution in [0.1, 0.15) is 58.2 Å². The summed E-state index contributed by atoms with van der Waals surface area (Å²) in [4.78, 5) is 5.12. The second kappa shape index (κ2) is 13.9. The number of hydrogen-bond donors (Lipinski definition) is 0. The highest BCUT2D eigenvalue weighted by Gasteiger charge is 2.34. The van der Waals surface area contributed by atoms with E-state index in [1.807, 2.05) is 24.3 Å². The van der Waals surface area contributed by atoms with Crippen LogP contribution in [0.5, 0.6) is 5.75 Å². The number of benzene rings is 5. The number of pyridine rings is 1. The monoisotopic (exact) mass is 717 g/mol. The highest BCUT2D eigenvalue weighted by atomic mass is 31.2. The summed E-state index contributed by atoms with van der Waals surface area (Å²) in [7, 11) is -2.03. The van der Waals surface area contributed by atoms with E-state index in [0.29, 0.717) is 21.7 Å². The van der Waals surface area contributed by atoms with Gasteiger partial charge in [-0.05, 0) is 81.6 Å². The average molecular weight is 718 g/mol. The number of rotatable bonds is 7. The lowest BCUT2D eigenvalue weighted by molar-refractivity contribution is -0.137. The summed E-state index contributed by atoms with van der Waals surface area (Å²) in [5.74, 6) is 0.587. The molecule has 0 aliphatic carbocycles. The summed E-state index contributed by atoms with van der Waals surface area (Å²) in [6.45, 7) is 13.1. The Bertz CT molecular complexity index is 2130. The van der Waals surface area contributed by atoms with Crippen molar-refractivity contribution in [1.29, 1.82) is 0 Å². The molecule has 266 valence electrons. The van der Waals surface area contributed by atoms with Gasteiger partial charge >= 0.3 is 6.18 Å². The van der Waals surface area contributed by atoms with Gasteiger partial charge in [0.05, 0.1) is 24.1 Å². The predicted octanol–water partition coefficient (Wildman–Crippen LogP) is 11.3. The van der Waals surface area contributed by atoms with Crippen LogP contribution in [-0.2, 0) is 21.6 Å². The normalized spacial score (nSPS) is 13.4. The molecule has 0 aliphatic rings. The highest BCUT2D eigenvalue weighted by Crippen LogP contribution is 2.44. The standard InChI is InChI=1S/C45H43F3NO2P/c1-43(2,3)34-14-8-31(9-15-34)41-28-33(29-42(49-41)32-10-16-35(17-11-32)44(4,5)6)30-12-22-38(23-13-30)52(50,40-26-20-37(51-7)21-27-40)39-24-18-36(19-25-39)45(46,47)48/h8-29H,1-7H3. The molecule has 3 nitrogen and oxygen atoms in total. The van der Waals surface area contributed by atoms with E-state index in [9.17, 15) is 13.2 Å². The van der Waals surface area contributed by atoms with Crippen molar-refractivity contribution in [3.05, 3.63) is 150 Å². The Morgan fingerprint density at radius 3 is 1.19 bits per heavy atom. The van der Waals surface area contributed by atoms with Gasteiger partial charge in [-0.15, -0.1) is 0 Å². The Labute approximate surface area is 304 Å². The molecule has 0 bridgehead atoms. The molecule has 0 spiro atoms. The van der Waals surface area contributed by atoms with E-state index in [-0.39, 0.29) is 10.8 Å². The molecule has 0 saturated carbocycles. The van der Waals surface area contributed by atoms with E-state index in [2.05, 4.69) is 102 Å². The van der Waals surface area contributed by atoms with Gasteiger partial charge in [-0.2, -0.15) is 13.2 Å². The van der Waals surface area contributed by atoms with E-state index >= 15 is 4.57 Å². The summed E-state index contributed by atoms with van der Waals surface area (Å²) >= 11 is 0. The Balaban J connectivity index is 1.46. The van der Waals surface area contributed by atoms with Crippen molar-refractivity contribution in [2.45, 2.75) is 58.5 Å². The van der Waals surface area contributed by atoms with Gasteiger partial charge in [0.15, 0.2) is 7.14 Å². The second-order valence-corrected chi connectivity index (χ2v) is 17.9. The maximum absolute atomic E-state index is 15.2. The van der Waals surface area contributed by atoms with Gasteiger partial charge in [0.1, 0.15) is 5.75 Å². The molecule has 0 fully saturated rings. The van der Waals surface area contributed by atoms with Crippen LogP contribution in [0.15, 0.2) is 133 Å². The zero-order valence-corrected chi connectivity index (χ0v) is 31.4. The van der Waals surface area contributed by atoms with E-state index in [4.69, 9.17) is 9.72 Å². The first-order chi connectivity index (χ1) is 24.5. The third-order valence-corrected chi connectivity index (χ3v) is 12.6. The van der Waals surface area contributed by atoms with Crippen LogP contribution < -0.4 is 20.7 Å². The predicted molar refractivity (Wildman–Crippen MR) is 209 cm³/mol. The fourth-order valence-electron chi connectivity index (χ4n) is 6.24. The first kappa shape index (κ1) is 36.8. The quantitative estimate of drug-likeness (QED) is 0.154. The number of ether oxygens (including phenoxy) is 1. The van der Waals surface area contributed by atoms with E-state index in [0.717, 1.165) is 45.8 Å². The summed E-state index contributed by atoms with van der Waals surface area (Å²) < 4.78 is 60.9. The molecule has 5 aromatic carbocycles. The first-order valence-corrected chi connectivity index (χ1v) is 18.9. The van der Waals surface area contributed by atoms with Crippen molar-refractivity contribution >= 4 is 23.1 Å². The third-order valence-electron chi connectivity index (χ3n) is 9.48.